The van der Waals surface area contributed by atoms with Crippen LogP contribution in [-0.2, 0) is 4.79 Å². The molecule has 0 bridgehead atoms. The van der Waals surface area contributed by atoms with E-state index < -0.39 is 17.7 Å². The van der Waals surface area contributed by atoms with Gasteiger partial charge in [-0.1, -0.05) is 38.1 Å². The van der Waals surface area contributed by atoms with E-state index >= 15 is 0 Å². The minimum Gasteiger partial charge on any atom is -0.503 e. The highest BCUT2D eigenvalue weighted by Gasteiger charge is 2.45. The van der Waals surface area contributed by atoms with Gasteiger partial charge in [-0.3, -0.25) is 14.5 Å². The summed E-state index contributed by atoms with van der Waals surface area (Å²) in [4.78, 5) is 33.3. The van der Waals surface area contributed by atoms with E-state index in [1.165, 1.54) is 16.2 Å². The van der Waals surface area contributed by atoms with Crippen LogP contribution in [0.1, 0.15) is 64.2 Å². The fraction of sp³-hybridized carbons (Fsp3) is 0.296. The second-order valence-electron chi connectivity index (χ2n) is 8.56. The van der Waals surface area contributed by atoms with E-state index in [-0.39, 0.29) is 11.4 Å². The van der Waals surface area contributed by atoms with Gasteiger partial charge in [0.1, 0.15) is 5.75 Å². The summed E-state index contributed by atoms with van der Waals surface area (Å²) in [6, 6.07) is 14.2. The summed E-state index contributed by atoms with van der Waals surface area (Å²) in [5, 5.41) is 11.7. The molecule has 1 aliphatic heterocycles. The van der Waals surface area contributed by atoms with Gasteiger partial charge in [0.15, 0.2) is 5.76 Å². The number of carbonyl (C=O) groups is 2. The number of hydrogen-bond acceptors (Lipinski definition) is 6. The number of anilines is 1. The Morgan fingerprint density at radius 3 is 2.29 bits per heavy atom. The first-order valence-electron chi connectivity index (χ1n) is 11.3. The molecule has 1 N–H and O–H groups in total. The van der Waals surface area contributed by atoms with Crippen LogP contribution in [0.4, 0.5) is 5.69 Å². The first kappa shape index (κ1) is 23.7. The Labute approximate surface area is 203 Å². The number of rotatable bonds is 7. The number of aliphatic hydroxyl groups excluding tert-OH is 1. The van der Waals surface area contributed by atoms with Crippen molar-refractivity contribution >= 4 is 28.7 Å². The van der Waals surface area contributed by atoms with Crippen molar-refractivity contribution in [2.24, 2.45) is 0 Å². The minimum absolute atomic E-state index is 0.0637. The van der Waals surface area contributed by atoms with E-state index in [1.807, 2.05) is 62.4 Å². The molecule has 0 saturated heterocycles. The molecule has 2 heterocycles. The van der Waals surface area contributed by atoms with Gasteiger partial charge >= 0.3 is 0 Å². The van der Waals surface area contributed by atoms with Crippen LogP contribution in [0, 0.1) is 13.8 Å². The largest absolute Gasteiger partial charge is 0.503 e. The average Bonchev–Trinajstić information content (AvgIpc) is 3.29. The number of Topliss-reactive ketones (excluding diaryl/α,β-unsaturated/α-hetero) is 1. The Morgan fingerprint density at radius 2 is 1.76 bits per heavy atom. The predicted octanol–water partition coefficient (Wildman–Crippen LogP) is 6.06. The quantitative estimate of drug-likeness (QED) is 0.419. The smallest absolute Gasteiger partial charge is 0.294 e. The van der Waals surface area contributed by atoms with E-state index in [0.717, 1.165) is 10.6 Å². The molecule has 1 unspecified atom stereocenters. The average molecular weight is 477 g/mol. The highest BCUT2D eigenvalue weighted by atomic mass is 32.1. The molecule has 7 heteroatoms. The van der Waals surface area contributed by atoms with Gasteiger partial charge in [-0.15, -0.1) is 11.3 Å². The van der Waals surface area contributed by atoms with Gasteiger partial charge in [0.05, 0.1) is 33.8 Å². The fourth-order valence-corrected chi connectivity index (χ4v) is 5.09. The Bertz CT molecular complexity index is 1260. The maximum Gasteiger partial charge on any atom is 0.294 e. The van der Waals surface area contributed by atoms with Crippen molar-refractivity contribution in [2.75, 3.05) is 11.5 Å². The number of benzene rings is 2. The maximum absolute atomic E-state index is 13.7. The first-order chi connectivity index (χ1) is 16.2. The topological polar surface area (TPSA) is 79.7 Å². The number of aryl methyl sites for hydroxylation is 2. The van der Waals surface area contributed by atoms with Crippen LogP contribution < -0.4 is 9.64 Å². The zero-order valence-electron chi connectivity index (χ0n) is 20.0. The van der Waals surface area contributed by atoms with Crippen LogP contribution >= 0.6 is 11.3 Å². The molecule has 2 aromatic carbocycles. The number of aromatic nitrogens is 1. The summed E-state index contributed by atoms with van der Waals surface area (Å²) in [6.45, 7) is 10.2. The molecule has 6 nitrogen and oxygen atoms in total. The summed E-state index contributed by atoms with van der Waals surface area (Å²) in [7, 11) is 0. The molecule has 176 valence electrons. The van der Waals surface area contributed by atoms with E-state index in [4.69, 9.17) is 4.74 Å². The van der Waals surface area contributed by atoms with E-state index in [1.54, 1.807) is 6.92 Å². The van der Waals surface area contributed by atoms with Crippen molar-refractivity contribution in [1.29, 1.82) is 0 Å². The third-order valence-electron chi connectivity index (χ3n) is 5.91. The third kappa shape index (κ3) is 4.23. The molecule has 0 radical (unpaired) electrons. The number of hydrogen-bond donors (Lipinski definition) is 1. The van der Waals surface area contributed by atoms with Gasteiger partial charge in [0.2, 0.25) is 5.78 Å². The molecular formula is C27H28N2O4S. The lowest BCUT2D eigenvalue weighted by atomic mass is 9.94. The van der Waals surface area contributed by atoms with Crippen molar-refractivity contribution in [3.8, 4) is 5.75 Å². The molecule has 1 atom stereocenters. The number of ketones is 1. The predicted molar refractivity (Wildman–Crippen MR) is 134 cm³/mol. The molecule has 4 rings (SSSR count). The summed E-state index contributed by atoms with van der Waals surface area (Å²) < 4.78 is 5.56. The minimum atomic E-state index is -0.776. The Hall–Kier alpha value is -3.45. The summed E-state index contributed by atoms with van der Waals surface area (Å²) in [6.07, 6.45) is 0. The van der Waals surface area contributed by atoms with Gasteiger partial charge in [-0.2, -0.15) is 0 Å². The molecule has 0 spiro atoms. The second-order valence-corrected chi connectivity index (χ2v) is 9.77. The molecule has 0 saturated carbocycles. The maximum atomic E-state index is 13.7. The van der Waals surface area contributed by atoms with Crippen molar-refractivity contribution in [3.05, 3.63) is 86.6 Å². The highest BCUT2D eigenvalue weighted by molar-refractivity contribution is 7.14. The van der Waals surface area contributed by atoms with Crippen LogP contribution in [-0.4, -0.2) is 28.4 Å². The first-order valence-corrected chi connectivity index (χ1v) is 12.1. The molecular weight excluding hydrogens is 448 g/mol. The molecule has 0 aliphatic carbocycles. The van der Waals surface area contributed by atoms with Crippen LogP contribution in [0.3, 0.4) is 0 Å². The molecule has 1 aromatic heterocycles. The van der Waals surface area contributed by atoms with Gasteiger partial charge in [-0.25, -0.2) is 4.98 Å². The fourth-order valence-electron chi connectivity index (χ4n) is 4.22. The van der Waals surface area contributed by atoms with Crippen LogP contribution in [0.2, 0.25) is 0 Å². The van der Waals surface area contributed by atoms with Crippen LogP contribution in [0.15, 0.2) is 59.9 Å². The normalized spacial score (nSPS) is 16.0. The Morgan fingerprint density at radius 1 is 1.12 bits per heavy atom. The number of ether oxygens (including phenoxy) is 1. The number of amides is 1. The van der Waals surface area contributed by atoms with Gasteiger partial charge in [0.25, 0.3) is 5.91 Å². The highest BCUT2D eigenvalue weighted by Crippen LogP contribution is 2.43. The third-order valence-corrected chi connectivity index (χ3v) is 6.98. The van der Waals surface area contributed by atoms with Gasteiger partial charge in [-0.05, 0) is 62.1 Å². The lowest BCUT2D eigenvalue weighted by molar-refractivity contribution is -0.117. The van der Waals surface area contributed by atoms with Crippen molar-refractivity contribution in [2.45, 2.75) is 46.6 Å². The zero-order valence-corrected chi connectivity index (χ0v) is 20.8. The molecule has 1 amide bonds. The standard InChI is InChI=1S/C27H28N2O4S/c1-6-33-21-13-9-19(10-14-21)23-22(24(30)26-16(4)28-17(5)34-26)25(31)27(32)29(23)20-11-7-18(8-12-20)15(2)3/h7-15,23,31H,6H2,1-5H3. The van der Waals surface area contributed by atoms with E-state index in [2.05, 4.69) is 18.8 Å². The van der Waals surface area contributed by atoms with E-state index in [0.29, 0.717) is 40.1 Å². The lowest BCUT2D eigenvalue weighted by Gasteiger charge is -2.27. The van der Waals surface area contributed by atoms with E-state index in [9.17, 15) is 14.7 Å². The number of aliphatic hydroxyl groups is 1. The van der Waals surface area contributed by atoms with Crippen molar-refractivity contribution in [1.82, 2.24) is 4.98 Å². The van der Waals surface area contributed by atoms with Gasteiger partial charge in [0, 0.05) is 5.69 Å². The lowest BCUT2D eigenvalue weighted by Crippen LogP contribution is -2.31. The number of carbonyl (C=O) groups excluding carboxylic acids is 2. The SMILES string of the molecule is CCOc1ccc(C2C(C(=O)c3sc(C)nc3C)=C(O)C(=O)N2c2ccc(C(C)C)cc2)cc1. The monoisotopic (exact) mass is 476 g/mol. The molecule has 3 aromatic rings. The molecule has 0 fully saturated rings. The molecule has 34 heavy (non-hydrogen) atoms. The number of nitrogens with zero attached hydrogens (tertiary/aromatic N) is 2. The summed E-state index contributed by atoms with van der Waals surface area (Å²) in [5.41, 5.74) is 3.10. The zero-order chi connectivity index (χ0) is 24.6. The molecule has 1 aliphatic rings. The van der Waals surface area contributed by atoms with Gasteiger partial charge < -0.3 is 9.84 Å². The second kappa shape index (κ2) is 9.43. The van der Waals surface area contributed by atoms with Crippen LogP contribution in [0.5, 0.6) is 5.75 Å². The Kier molecular flexibility index (Phi) is 6.57. The van der Waals surface area contributed by atoms with Crippen molar-refractivity contribution < 1.29 is 19.4 Å². The Balaban J connectivity index is 1.84. The summed E-state index contributed by atoms with van der Waals surface area (Å²) >= 11 is 1.27. The van der Waals surface area contributed by atoms with Crippen molar-refractivity contribution in [3.63, 3.8) is 0 Å². The summed E-state index contributed by atoms with van der Waals surface area (Å²) in [5.74, 6) is -0.473. The van der Waals surface area contributed by atoms with Crippen LogP contribution in [0.25, 0.3) is 0 Å². The number of thiazole rings is 1.